The molecule has 1 aliphatic rings. The number of carbonyl (C=O) groups excluding carboxylic acids is 3. The Morgan fingerprint density at radius 1 is 1.10 bits per heavy atom. The summed E-state index contributed by atoms with van der Waals surface area (Å²) >= 11 is 0. The van der Waals surface area contributed by atoms with E-state index in [0.29, 0.717) is 33.9 Å². The van der Waals surface area contributed by atoms with E-state index in [-0.39, 0.29) is 5.91 Å². The molecule has 0 radical (unpaired) electrons. The fourth-order valence-corrected chi connectivity index (χ4v) is 3.31. The molecular formula is C23H23NO7. The lowest BCUT2D eigenvalue weighted by molar-refractivity contribution is -0.160. The highest BCUT2D eigenvalue weighted by molar-refractivity contribution is 6.36. The van der Waals surface area contributed by atoms with E-state index >= 15 is 0 Å². The van der Waals surface area contributed by atoms with Gasteiger partial charge in [0.2, 0.25) is 0 Å². The second-order valence-electron chi connectivity index (χ2n) is 6.73. The smallest absolute Gasteiger partial charge is 0.346 e. The predicted molar refractivity (Wildman–Crippen MR) is 114 cm³/mol. The number of carbonyl (C=O) groups is 3. The third-order valence-electron chi connectivity index (χ3n) is 4.70. The molecule has 0 aliphatic carbocycles. The topological polar surface area (TPSA) is 91.4 Å². The molecule has 2 aromatic carbocycles. The number of anilines is 1. The largest absolute Gasteiger partial charge is 0.497 e. The van der Waals surface area contributed by atoms with E-state index in [4.69, 9.17) is 14.2 Å². The van der Waals surface area contributed by atoms with E-state index in [1.807, 2.05) is 12.1 Å². The molecule has 0 saturated carbocycles. The standard InChI is InChI=1S/C23H23NO7/c1-14(31-22(26)13-30-15(2)25)24-20-8-6-5-7-18(20)19(23(24)27)12-16-11-17(28-3)9-10-21(16)29-4/h5-12,14H,13H2,1-4H3. The van der Waals surface area contributed by atoms with Crippen LogP contribution in [0.25, 0.3) is 11.6 Å². The van der Waals surface area contributed by atoms with E-state index in [9.17, 15) is 14.4 Å². The minimum Gasteiger partial charge on any atom is -0.497 e. The number of hydrogen-bond acceptors (Lipinski definition) is 7. The molecule has 8 nitrogen and oxygen atoms in total. The summed E-state index contributed by atoms with van der Waals surface area (Å²) < 4.78 is 20.7. The van der Waals surface area contributed by atoms with Gasteiger partial charge in [-0.2, -0.15) is 0 Å². The average Bonchev–Trinajstić information content (AvgIpc) is 3.03. The molecule has 1 heterocycles. The normalized spacial score (nSPS) is 14.8. The van der Waals surface area contributed by atoms with Gasteiger partial charge in [-0.15, -0.1) is 0 Å². The van der Waals surface area contributed by atoms with Crippen molar-refractivity contribution in [3.63, 3.8) is 0 Å². The maximum Gasteiger partial charge on any atom is 0.346 e. The van der Waals surface area contributed by atoms with Crippen molar-refractivity contribution in [2.75, 3.05) is 25.7 Å². The van der Waals surface area contributed by atoms with E-state index in [2.05, 4.69) is 4.74 Å². The first-order valence-corrected chi connectivity index (χ1v) is 9.55. The van der Waals surface area contributed by atoms with Gasteiger partial charge in [0, 0.05) is 18.1 Å². The molecular weight excluding hydrogens is 402 g/mol. The summed E-state index contributed by atoms with van der Waals surface area (Å²) in [6, 6.07) is 12.5. The molecule has 1 unspecified atom stereocenters. The molecule has 162 valence electrons. The fraction of sp³-hybridized carbons (Fsp3) is 0.261. The van der Waals surface area contributed by atoms with Gasteiger partial charge in [0.25, 0.3) is 5.91 Å². The molecule has 0 N–H and O–H groups in total. The van der Waals surface area contributed by atoms with Gasteiger partial charge >= 0.3 is 11.9 Å². The summed E-state index contributed by atoms with van der Waals surface area (Å²) in [6.45, 7) is 2.25. The zero-order chi connectivity index (χ0) is 22.5. The van der Waals surface area contributed by atoms with Crippen molar-refractivity contribution in [1.82, 2.24) is 0 Å². The number of esters is 2. The van der Waals surface area contributed by atoms with Crippen LogP contribution in [-0.2, 0) is 23.9 Å². The molecule has 0 bridgehead atoms. The number of hydrogen-bond donors (Lipinski definition) is 0. The Balaban J connectivity index is 1.95. The highest BCUT2D eigenvalue weighted by Gasteiger charge is 2.36. The summed E-state index contributed by atoms with van der Waals surface area (Å²) in [7, 11) is 3.10. The lowest BCUT2D eigenvalue weighted by atomic mass is 10.0. The summed E-state index contributed by atoms with van der Waals surface area (Å²) in [5.41, 5.74) is 2.39. The van der Waals surface area contributed by atoms with Gasteiger partial charge in [0.1, 0.15) is 11.5 Å². The van der Waals surface area contributed by atoms with Gasteiger partial charge in [0.05, 0.1) is 25.5 Å². The van der Waals surface area contributed by atoms with Crippen LogP contribution in [0.5, 0.6) is 11.5 Å². The minimum atomic E-state index is -0.908. The Morgan fingerprint density at radius 2 is 1.84 bits per heavy atom. The lowest BCUT2D eigenvalue weighted by Crippen LogP contribution is -2.39. The quantitative estimate of drug-likeness (QED) is 0.497. The highest BCUT2D eigenvalue weighted by atomic mass is 16.6. The molecule has 1 aliphatic heterocycles. The van der Waals surface area contributed by atoms with Crippen LogP contribution in [0.1, 0.15) is 25.0 Å². The fourth-order valence-electron chi connectivity index (χ4n) is 3.31. The molecule has 2 aromatic rings. The van der Waals surface area contributed by atoms with Crippen molar-refractivity contribution in [2.24, 2.45) is 0 Å². The second kappa shape index (κ2) is 9.34. The van der Waals surface area contributed by atoms with Crippen LogP contribution in [0, 0.1) is 0 Å². The highest BCUT2D eigenvalue weighted by Crippen LogP contribution is 2.40. The Labute approximate surface area is 180 Å². The number of para-hydroxylation sites is 1. The number of amides is 1. The predicted octanol–water partition coefficient (Wildman–Crippen LogP) is 3.04. The van der Waals surface area contributed by atoms with Crippen LogP contribution < -0.4 is 14.4 Å². The van der Waals surface area contributed by atoms with Crippen molar-refractivity contribution in [1.29, 1.82) is 0 Å². The molecule has 0 fully saturated rings. The number of rotatable bonds is 7. The van der Waals surface area contributed by atoms with Crippen molar-refractivity contribution < 1.29 is 33.3 Å². The van der Waals surface area contributed by atoms with Crippen LogP contribution >= 0.6 is 0 Å². The number of benzene rings is 2. The van der Waals surface area contributed by atoms with E-state index in [1.54, 1.807) is 57.6 Å². The third kappa shape index (κ3) is 4.69. The Morgan fingerprint density at radius 3 is 2.52 bits per heavy atom. The van der Waals surface area contributed by atoms with Gasteiger partial charge in [-0.3, -0.25) is 14.5 Å². The van der Waals surface area contributed by atoms with Gasteiger partial charge in [-0.1, -0.05) is 18.2 Å². The number of ether oxygens (including phenoxy) is 4. The number of nitrogens with zero attached hydrogens (tertiary/aromatic N) is 1. The number of methoxy groups -OCH3 is 2. The summed E-state index contributed by atoms with van der Waals surface area (Å²) in [6.07, 6.45) is 0.811. The molecule has 0 saturated heterocycles. The van der Waals surface area contributed by atoms with Gasteiger partial charge in [0.15, 0.2) is 12.8 Å². The van der Waals surface area contributed by atoms with Crippen molar-refractivity contribution >= 4 is 35.2 Å². The minimum absolute atomic E-state index is 0.334. The van der Waals surface area contributed by atoms with Crippen molar-refractivity contribution in [3.8, 4) is 11.5 Å². The van der Waals surface area contributed by atoms with Crippen LogP contribution in [0.3, 0.4) is 0 Å². The molecule has 3 rings (SSSR count). The van der Waals surface area contributed by atoms with Crippen LogP contribution in [-0.4, -0.2) is 44.9 Å². The average molecular weight is 425 g/mol. The molecule has 1 amide bonds. The van der Waals surface area contributed by atoms with Crippen LogP contribution in [0.15, 0.2) is 42.5 Å². The summed E-state index contributed by atoms with van der Waals surface area (Å²) in [4.78, 5) is 37.6. The van der Waals surface area contributed by atoms with Gasteiger partial charge in [-0.05, 0) is 37.3 Å². The monoisotopic (exact) mass is 425 g/mol. The molecule has 31 heavy (non-hydrogen) atoms. The summed E-state index contributed by atoms with van der Waals surface area (Å²) in [5, 5.41) is 0. The van der Waals surface area contributed by atoms with E-state index in [1.165, 1.54) is 11.8 Å². The Kier molecular flexibility index (Phi) is 6.59. The van der Waals surface area contributed by atoms with Crippen molar-refractivity contribution in [2.45, 2.75) is 20.1 Å². The first-order valence-electron chi connectivity index (χ1n) is 9.55. The molecule has 0 aromatic heterocycles. The van der Waals surface area contributed by atoms with Crippen LogP contribution in [0.2, 0.25) is 0 Å². The second-order valence-corrected chi connectivity index (χ2v) is 6.73. The first-order chi connectivity index (χ1) is 14.8. The Hall–Kier alpha value is -3.81. The van der Waals surface area contributed by atoms with E-state index in [0.717, 1.165) is 0 Å². The summed E-state index contributed by atoms with van der Waals surface area (Å²) in [5.74, 6) is -0.475. The van der Waals surface area contributed by atoms with Gasteiger partial charge < -0.3 is 18.9 Å². The van der Waals surface area contributed by atoms with Gasteiger partial charge in [-0.25, -0.2) is 4.79 Å². The van der Waals surface area contributed by atoms with E-state index < -0.39 is 24.8 Å². The third-order valence-corrected chi connectivity index (χ3v) is 4.70. The molecule has 8 heteroatoms. The van der Waals surface area contributed by atoms with Crippen molar-refractivity contribution in [3.05, 3.63) is 53.6 Å². The molecule has 0 spiro atoms. The SMILES string of the molecule is COc1ccc(OC)c(C=C2C(=O)N(C(C)OC(=O)COC(C)=O)c3ccccc32)c1. The zero-order valence-electron chi connectivity index (χ0n) is 17.7. The first kappa shape index (κ1) is 21.9. The maximum absolute atomic E-state index is 13.3. The maximum atomic E-state index is 13.3. The zero-order valence-corrected chi connectivity index (χ0v) is 17.7. The molecule has 1 atom stereocenters. The Bertz CT molecular complexity index is 1040. The number of fused-ring (bicyclic) bond motifs is 1. The van der Waals surface area contributed by atoms with Crippen LogP contribution in [0.4, 0.5) is 5.69 Å². The lowest BCUT2D eigenvalue weighted by Gasteiger charge is -2.24.